The average molecular weight is 343 g/mol. The maximum atomic E-state index is 12.2. The number of hydrogen-bond acceptors (Lipinski definition) is 3. The van der Waals surface area contributed by atoms with Crippen molar-refractivity contribution in [1.82, 2.24) is 10.2 Å². The van der Waals surface area contributed by atoms with Crippen molar-refractivity contribution in [1.29, 1.82) is 0 Å². The molecule has 126 valence electrons. The van der Waals surface area contributed by atoms with Crippen molar-refractivity contribution in [3.63, 3.8) is 0 Å². The number of halogens is 1. The summed E-state index contributed by atoms with van der Waals surface area (Å²) in [6.45, 7) is 3.35. The van der Waals surface area contributed by atoms with Gasteiger partial charge in [-0.05, 0) is 43.6 Å². The molecule has 3 nitrogen and oxygen atoms in total. The molecule has 1 unspecified atom stereocenters. The molecule has 0 bridgehead atoms. The van der Waals surface area contributed by atoms with Gasteiger partial charge in [-0.15, -0.1) is 0 Å². The zero-order chi connectivity index (χ0) is 16.8. The summed E-state index contributed by atoms with van der Waals surface area (Å²) >= 11 is 6.02. The number of rotatable bonds is 7. The molecule has 0 amide bonds. The Morgan fingerprint density at radius 2 is 1.71 bits per heavy atom. The normalized spacial score (nSPS) is 16.2. The van der Waals surface area contributed by atoms with Gasteiger partial charge in [0.25, 0.3) is 0 Å². The monoisotopic (exact) mass is 342 g/mol. The van der Waals surface area contributed by atoms with E-state index in [1.165, 1.54) is 18.4 Å². The number of hydrogen-bond donors (Lipinski definition) is 1. The molecule has 3 rings (SSSR count). The summed E-state index contributed by atoms with van der Waals surface area (Å²) in [5.41, 5.74) is 2.01. The van der Waals surface area contributed by atoms with Gasteiger partial charge in [0.05, 0.1) is 6.54 Å². The highest BCUT2D eigenvalue weighted by Crippen LogP contribution is 2.25. The van der Waals surface area contributed by atoms with Gasteiger partial charge in [0.1, 0.15) is 0 Å². The molecule has 0 spiro atoms. The zero-order valence-corrected chi connectivity index (χ0v) is 14.5. The van der Waals surface area contributed by atoms with Gasteiger partial charge in [-0.2, -0.15) is 0 Å². The molecule has 0 radical (unpaired) electrons. The number of ketones is 1. The van der Waals surface area contributed by atoms with Crippen LogP contribution in [-0.4, -0.2) is 36.9 Å². The molecule has 0 aliphatic carbocycles. The minimum Gasteiger partial charge on any atom is -0.308 e. The third-order valence-corrected chi connectivity index (χ3v) is 4.81. The minimum absolute atomic E-state index is 0.131. The molecule has 0 saturated carbocycles. The van der Waals surface area contributed by atoms with Crippen LogP contribution in [-0.2, 0) is 0 Å². The predicted molar refractivity (Wildman–Crippen MR) is 98.6 cm³/mol. The van der Waals surface area contributed by atoms with Crippen molar-refractivity contribution in [3.8, 4) is 0 Å². The highest BCUT2D eigenvalue weighted by atomic mass is 35.5. The van der Waals surface area contributed by atoms with Gasteiger partial charge in [-0.3, -0.25) is 9.69 Å². The van der Waals surface area contributed by atoms with Gasteiger partial charge in [-0.25, -0.2) is 0 Å². The SMILES string of the molecule is O=C(CNCC(c1ccc(Cl)cc1)N1CCCC1)c1ccccc1. The first-order valence-electron chi connectivity index (χ1n) is 8.52. The Kier molecular flexibility index (Phi) is 6.02. The molecule has 1 atom stereocenters. The van der Waals surface area contributed by atoms with E-state index in [0.717, 1.165) is 30.2 Å². The molecule has 1 heterocycles. The number of benzene rings is 2. The average Bonchev–Trinajstić information content (AvgIpc) is 3.15. The van der Waals surface area contributed by atoms with E-state index in [-0.39, 0.29) is 11.8 Å². The lowest BCUT2D eigenvalue weighted by Gasteiger charge is -2.28. The fourth-order valence-corrected chi connectivity index (χ4v) is 3.37. The van der Waals surface area contributed by atoms with Gasteiger partial charge in [0.2, 0.25) is 0 Å². The Balaban J connectivity index is 1.62. The summed E-state index contributed by atoms with van der Waals surface area (Å²) in [6.07, 6.45) is 2.49. The van der Waals surface area contributed by atoms with Gasteiger partial charge < -0.3 is 5.32 Å². The quantitative estimate of drug-likeness (QED) is 0.773. The zero-order valence-electron chi connectivity index (χ0n) is 13.7. The first kappa shape index (κ1) is 17.2. The molecule has 24 heavy (non-hydrogen) atoms. The lowest BCUT2D eigenvalue weighted by Crippen LogP contribution is -2.36. The van der Waals surface area contributed by atoms with Crippen LogP contribution in [0.4, 0.5) is 0 Å². The molecule has 1 aliphatic heterocycles. The second-order valence-electron chi connectivity index (χ2n) is 6.23. The number of likely N-dealkylation sites (tertiary alicyclic amines) is 1. The van der Waals surface area contributed by atoms with Crippen molar-refractivity contribution < 1.29 is 4.79 Å². The van der Waals surface area contributed by atoms with Crippen LogP contribution in [0.15, 0.2) is 54.6 Å². The van der Waals surface area contributed by atoms with E-state index in [2.05, 4.69) is 22.3 Å². The fraction of sp³-hybridized carbons (Fsp3) is 0.350. The van der Waals surface area contributed by atoms with Gasteiger partial charge in [0.15, 0.2) is 5.78 Å². The molecule has 1 fully saturated rings. The fourth-order valence-electron chi connectivity index (χ4n) is 3.24. The second-order valence-corrected chi connectivity index (χ2v) is 6.67. The molecule has 1 saturated heterocycles. The second kappa shape index (κ2) is 8.43. The van der Waals surface area contributed by atoms with Crippen molar-refractivity contribution in [3.05, 3.63) is 70.7 Å². The van der Waals surface area contributed by atoms with E-state index in [1.807, 2.05) is 42.5 Å². The molecular weight excluding hydrogens is 320 g/mol. The lowest BCUT2D eigenvalue weighted by atomic mass is 10.1. The van der Waals surface area contributed by atoms with Crippen LogP contribution in [0, 0.1) is 0 Å². The van der Waals surface area contributed by atoms with E-state index in [0.29, 0.717) is 6.54 Å². The molecule has 1 N–H and O–H groups in total. The van der Waals surface area contributed by atoms with Crippen LogP contribution in [0.2, 0.25) is 5.02 Å². The maximum absolute atomic E-state index is 12.2. The third-order valence-electron chi connectivity index (χ3n) is 4.56. The smallest absolute Gasteiger partial charge is 0.176 e. The van der Waals surface area contributed by atoms with E-state index in [9.17, 15) is 4.79 Å². The van der Waals surface area contributed by atoms with Gasteiger partial charge in [0, 0.05) is 23.2 Å². The van der Waals surface area contributed by atoms with Crippen LogP contribution in [0.5, 0.6) is 0 Å². The first-order chi connectivity index (χ1) is 11.7. The Morgan fingerprint density at radius 1 is 1.04 bits per heavy atom. The Labute approximate surface area is 148 Å². The molecule has 0 aromatic heterocycles. The van der Waals surface area contributed by atoms with Crippen LogP contribution in [0.1, 0.15) is 34.8 Å². The summed E-state index contributed by atoms with van der Waals surface area (Å²) in [7, 11) is 0. The molecule has 1 aliphatic rings. The summed E-state index contributed by atoms with van der Waals surface area (Å²) < 4.78 is 0. The first-order valence-corrected chi connectivity index (χ1v) is 8.90. The lowest BCUT2D eigenvalue weighted by molar-refractivity contribution is 0.0987. The van der Waals surface area contributed by atoms with Gasteiger partial charge >= 0.3 is 0 Å². The topological polar surface area (TPSA) is 32.3 Å². The molecular formula is C20H23ClN2O. The number of nitrogens with one attached hydrogen (secondary N) is 1. The van der Waals surface area contributed by atoms with Crippen molar-refractivity contribution >= 4 is 17.4 Å². The van der Waals surface area contributed by atoms with Crippen LogP contribution in [0.3, 0.4) is 0 Å². The van der Waals surface area contributed by atoms with Crippen molar-refractivity contribution in [2.24, 2.45) is 0 Å². The van der Waals surface area contributed by atoms with Crippen molar-refractivity contribution in [2.75, 3.05) is 26.2 Å². The summed E-state index contributed by atoms with van der Waals surface area (Å²) in [6, 6.07) is 17.8. The van der Waals surface area contributed by atoms with Crippen LogP contribution >= 0.6 is 11.6 Å². The number of carbonyl (C=O) groups excluding carboxylic acids is 1. The number of nitrogens with zero attached hydrogens (tertiary/aromatic N) is 1. The number of carbonyl (C=O) groups is 1. The standard InChI is InChI=1S/C20H23ClN2O/c21-18-10-8-16(9-11-18)19(23-12-4-5-13-23)14-22-15-20(24)17-6-2-1-3-7-17/h1-3,6-11,19,22H,4-5,12-15H2. The molecule has 2 aromatic rings. The van der Waals surface area contributed by atoms with E-state index in [1.54, 1.807) is 0 Å². The Bertz CT molecular complexity index is 651. The number of Topliss-reactive ketones (excluding diaryl/α,β-unsaturated/α-hetero) is 1. The summed E-state index contributed by atoms with van der Waals surface area (Å²) in [5, 5.41) is 4.11. The summed E-state index contributed by atoms with van der Waals surface area (Å²) in [4.78, 5) is 14.7. The largest absolute Gasteiger partial charge is 0.308 e. The molecule has 4 heteroatoms. The highest BCUT2D eigenvalue weighted by molar-refractivity contribution is 6.30. The van der Waals surface area contributed by atoms with Gasteiger partial charge in [-0.1, -0.05) is 54.1 Å². The van der Waals surface area contributed by atoms with E-state index in [4.69, 9.17) is 11.6 Å². The van der Waals surface area contributed by atoms with Crippen LogP contribution in [0.25, 0.3) is 0 Å². The summed E-state index contributed by atoms with van der Waals surface area (Å²) in [5.74, 6) is 0.131. The van der Waals surface area contributed by atoms with E-state index < -0.39 is 0 Å². The van der Waals surface area contributed by atoms with Crippen molar-refractivity contribution in [2.45, 2.75) is 18.9 Å². The molecule has 2 aromatic carbocycles. The van der Waals surface area contributed by atoms with E-state index >= 15 is 0 Å². The highest BCUT2D eigenvalue weighted by Gasteiger charge is 2.23. The van der Waals surface area contributed by atoms with Crippen LogP contribution < -0.4 is 5.32 Å². The third kappa shape index (κ3) is 4.44. The maximum Gasteiger partial charge on any atom is 0.176 e. The minimum atomic E-state index is 0.131. The Hall–Kier alpha value is -1.68. The Morgan fingerprint density at radius 3 is 2.38 bits per heavy atom. The predicted octanol–water partition coefficient (Wildman–Crippen LogP) is 3.95.